The van der Waals surface area contributed by atoms with Gasteiger partial charge in [0.2, 0.25) is 5.91 Å². The zero-order chi connectivity index (χ0) is 23.0. The van der Waals surface area contributed by atoms with Crippen LogP contribution in [0.5, 0.6) is 0 Å². The minimum absolute atomic E-state index is 0.00636. The number of rotatable bonds is 9. The van der Waals surface area contributed by atoms with Gasteiger partial charge in [-0.1, -0.05) is 36.4 Å². The quantitative estimate of drug-likeness (QED) is 0.498. The summed E-state index contributed by atoms with van der Waals surface area (Å²) in [4.78, 5) is 12.0. The lowest BCUT2D eigenvalue weighted by Crippen LogP contribution is -2.34. The Morgan fingerprint density at radius 1 is 1.06 bits per heavy atom. The third-order valence-electron chi connectivity index (χ3n) is 5.85. The number of anilines is 1. The molecule has 1 aliphatic carbocycles. The van der Waals surface area contributed by atoms with Crippen LogP contribution in [0.1, 0.15) is 48.8 Å². The molecule has 2 aromatic carbocycles. The maximum absolute atomic E-state index is 13.1. The highest BCUT2D eigenvalue weighted by molar-refractivity contribution is 5.77. The number of carbonyl (C=O) groups is 1. The van der Waals surface area contributed by atoms with Crippen molar-refractivity contribution in [1.29, 1.82) is 0 Å². The van der Waals surface area contributed by atoms with Gasteiger partial charge in [0.15, 0.2) is 0 Å². The van der Waals surface area contributed by atoms with Crippen LogP contribution < -0.4 is 10.6 Å². The van der Waals surface area contributed by atoms with E-state index in [1.807, 2.05) is 18.2 Å². The van der Waals surface area contributed by atoms with E-state index in [1.165, 1.54) is 24.6 Å². The molecule has 2 N–H and O–H groups in total. The van der Waals surface area contributed by atoms with E-state index in [1.54, 1.807) is 6.07 Å². The number of nitrogens with one attached hydrogen (secondary N) is 2. The molecule has 174 valence electrons. The standard InChI is InChI=1S/C25H31F3N2O2/c1-18-9-10-21(16-23(18)25(26,27)28)30-20-11-13-22(14-12-20)32-17-24(31)29-15-5-8-19-6-3-2-4-7-19/h2-4,6-7,9-10,16,20,22,30H,5,8,11-15,17H2,1H3,(H,29,31). The van der Waals surface area contributed by atoms with Crippen molar-refractivity contribution in [2.45, 2.75) is 63.8 Å². The predicted octanol–water partition coefficient (Wildman–Crippen LogP) is 5.50. The Bertz CT molecular complexity index is 863. The van der Waals surface area contributed by atoms with Gasteiger partial charge in [-0.25, -0.2) is 0 Å². The van der Waals surface area contributed by atoms with Crippen LogP contribution in [0.2, 0.25) is 0 Å². The molecule has 7 heteroatoms. The van der Waals surface area contributed by atoms with Crippen LogP contribution in [-0.4, -0.2) is 31.2 Å². The fourth-order valence-electron chi connectivity index (χ4n) is 4.04. The summed E-state index contributed by atoms with van der Waals surface area (Å²) in [6.45, 7) is 2.12. The zero-order valence-corrected chi connectivity index (χ0v) is 18.4. The van der Waals surface area contributed by atoms with E-state index in [-0.39, 0.29) is 30.2 Å². The summed E-state index contributed by atoms with van der Waals surface area (Å²) in [7, 11) is 0. The normalized spacial score (nSPS) is 18.9. The first-order valence-corrected chi connectivity index (χ1v) is 11.2. The van der Waals surface area contributed by atoms with Crippen LogP contribution in [0.25, 0.3) is 0 Å². The van der Waals surface area contributed by atoms with Crippen LogP contribution >= 0.6 is 0 Å². The smallest absolute Gasteiger partial charge is 0.382 e. The molecule has 2 aromatic rings. The van der Waals surface area contributed by atoms with Crippen molar-refractivity contribution in [3.8, 4) is 0 Å². The molecule has 0 bridgehead atoms. The van der Waals surface area contributed by atoms with E-state index < -0.39 is 11.7 Å². The topological polar surface area (TPSA) is 50.4 Å². The van der Waals surface area contributed by atoms with E-state index in [0.717, 1.165) is 38.5 Å². The summed E-state index contributed by atoms with van der Waals surface area (Å²) in [6, 6.07) is 14.6. The summed E-state index contributed by atoms with van der Waals surface area (Å²) in [5.74, 6) is -0.113. The van der Waals surface area contributed by atoms with Gasteiger partial charge in [0.25, 0.3) is 0 Å². The van der Waals surface area contributed by atoms with Crippen molar-refractivity contribution in [2.24, 2.45) is 0 Å². The van der Waals surface area contributed by atoms with E-state index in [9.17, 15) is 18.0 Å². The van der Waals surface area contributed by atoms with Crippen molar-refractivity contribution in [2.75, 3.05) is 18.5 Å². The minimum Gasteiger partial charge on any atom is -0.382 e. The molecule has 32 heavy (non-hydrogen) atoms. The first-order chi connectivity index (χ1) is 15.3. The van der Waals surface area contributed by atoms with Gasteiger partial charge >= 0.3 is 6.18 Å². The van der Waals surface area contributed by atoms with Crippen molar-refractivity contribution < 1.29 is 22.7 Å². The second-order valence-corrected chi connectivity index (χ2v) is 8.40. The van der Waals surface area contributed by atoms with E-state index in [4.69, 9.17) is 4.74 Å². The van der Waals surface area contributed by atoms with Crippen LogP contribution in [0.4, 0.5) is 18.9 Å². The number of ether oxygens (including phenoxy) is 1. The molecule has 0 radical (unpaired) electrons. The number of alkyl halides is 3. The lowest BCUT2D eigenvalue weighted by molar-refractivity contribution is -0.138. The molecule has 3 rings (SSSR count). The number of benzene rings is 2. The average molecular weight is 449 g/mol. The molecular weight excluding hydrogens is 417 g/mol. The number of halogens is 3. The van der Waals surface area contributed by atoms with Crippen molar-refractivity contribution in [1.82, 2.24) is 5.32 Å². The Labute approximate surface area is 187 Å². The highest BCUT2D eigenvalue weighted by atomic mass is 19.4. The van der Waals surface area contributed by atoms with E-state index >= 15 is 0 Å². The molecular formula is C25H31F3N2O2. The first kappa shape index (κ1) is 24.1. The van der Waals surface area contributed by atoms with Gasteiger partial charge in [-0.2, -0.15) is 13.2 Å². The molecule has 0 spiro atoms. The van der Waals surface area contributed by atoms with Gasteiger partial charge in [0, 0.05) is 18.3 Å². The monoisotopic (exact) mass is 448 g/mol. The van der Waals surface area contributed by atoms with Gasteiger partial charge in [-0.3, -0.25) is 4.79 Å². The highest BCUT2D eigenvalue weighted by Gasteiger charge is 2.32. The molecule has 1 fully saturated rings. The lowest BCUT2D eigenvalue weighted by atomic mass is 9.92. The Morgan fingerprint density at radius 3 is 2.47 bits per heavy atom. The van der Waals surface area contributed by atoms with Crippen LogP contribution in [0, 0.1) is 6.92 Å². The largest absolute Gasteiger partial charge is 0.416 e. The highest BCUT2D eigenvalue weighted by Crippen LogP contribution is 2.34. The lowest BCUT2D eigenvalue weighted by Gasteiger charge is -2.30. The Hall–Kier alpha value is -2.54. The van der Waals surface area contributed by atoms with Crippen LogP contribution in [0.3, 0.4) is 0 Å². The van der Waals surface area contributed by atoms with Gasteiger partial charge < -0.3 is 15.4 Å². The summed E-state index contributed by atoms with van der Waals surface area (Å²) in [6.07, 6.45) is 0.582. The average Bonchev–Trinajstić information content (AvgIpc) is 2.77. The number of hydrogen-bond acceptors (Lipinski definition) is 3. The second kappa shape index (κ2) is 11.4. The molecule has 1 aliphatic rings. The van der Waals surface area contributed by atoms with Crippen LogP contribution in [-0.2, 0) is 22.1 Å². The van der Waals surface area contributed by atoms with Crippen molar-refractivity contribution in [3.63, 3.8) is 0 Å². The molecule has 0 heterocycles. The molecule has 0 atom stereocenters. The Morgan fingerprint density at radius 2 is 1.78 bits per heavy atom. The van der Waals surface area contributed by atoms with Crippen molar-refractivity contribution >= 4 is 11.6 Å². The molecule has 0 unspecified atom stereocenters. The number of hydrogen-bond donors (Lipinski definition) is 2. The SMILES string of the molecule is Cc1ccc(NC2CCC(OCC(=O)NCCCc3ccccc3)CC2)cc1C(F)(F)F. The third kappa shape index (κ3) is 7.55. The van der Waals surface area contributed by atoms with E-state index in [2.05, 4.69) is 22.8 Å². The Kier molecular flexibility index (Phi) is 8.56. The second-order valence-electron chi connectivity index (χ2n) is 8.40. The van der Waals surface area contributed by atoms with E-state index in [0.29, 0.717) is 12.2 Å². The number of amides is 1. The number of aryl methyl sites for hydroxylation is 2. The summed E-state index contributed by atoms with van der Waals surface area (Å²) in [5, 5.41) is 6.11. The third-order valence-corrected chi connectivity index (χ3v) is 5.85. The van der Waals surface area contributed by atoms with Crippen molar-refractivity contribution in [3.05, 3.63) is 65.2 Å². The van der Waals surface area contributed by atoms with Gasteiger partial charge in [0.1, 0.15) is 6.61 Å². The van der Waals surface area contributed by atoms with Gasteiger partial charge in [-0.15, -0.1) is 0 Å². The molecule has 4 nitrogen and oxygen atoms in total. The fourth-order valence-corrected chi connectivity index (χ4v) is 4.04. The molecule has 0 aromatic heterocycles. The Balaban J connectivity index is 1.32. The summed E-state index contributed by atoms with van der Waals surface area (Å²) >= 11 is 0. The summed E-state index contributed by atoms with van der Waals surface area (Å²) in [5.41, 5.74) is 1.36. The maximum Gasteiger partial charge on any atom is 0.416 e. The van der Waals surface area contributed by atoms with Crippen LogP contribution in [0.15, 0.2) is 48.5 Å². The first-order valence-electron chi connectivity index (χ1n) is 11.2. The van der Waals surface area contributed by atoms with Gasteiger partial charge in [-0.05, 0) is 68.7 Å². The predicted molar refractivity (Wildman–Crippen MR) is 120 cm³/mol. The molecule has 1 saturated carbocycles. The minimum atomic E-state index is -4.35. The molecule has 1 amide bonds. The number of carbonyl (C=O) groups excluding carboxylic acids is 1. The summed E-state index contributed by atoms with van der Waals surface area (Å²) < 4.78 is 45.1. The molecule has 0 saturated heterocycles. The zero-order valence-electron chi connectivity index (χ0n) is 18.4. The fraction of sp³-hybridized carbons (Fsp3) is 0.480. The maximum atomic E-state index is 13.1. The molecule has 0 aliphatic heterocycles. The van der Waals surface area contributed by atoms with Gasteiger partial charge in [0.05, 0.1) is 11.7 Å².